The van der Waals surface area contributed by atoms with Crippen LogP contribution in [0.2, 0.25) is 0 Å². The second kappa shape index (κ2) is 6.76. The summed E-state index contributed by atoms with van der Waals surface area (Å²) in [6.07, 6.45) is 0. The molecule has 0 aliphatic rings. The maximum Gasteiger partial charge on any atom is 0.343 e. The Morgan fingerprint density at radius 3 is 2.29 bits per heavy atom. The normalized spacial score (nSPS) is 9.95. The number of esters is 1. The third kappa shape index (κ3) is 4.50. The van der Waals surface area contributed by atoms with Crippen LogP contribution in [0.25, 0.3) is 0 Å². The predicted octanol–water partition coefficient (Wildman–Crippen LogP) is 2.90. The van der Waals surface area contributed by atoms with Gasteiger partial charge in [-0.25, -0.2) is 4.79 Å². The quantitative estimate of drug-likeness (QED) is 0.302. The Morgan fingerprint density at radius 2 is 1.71 bits per heavy atom. The Morgan fingerprint density at radius 1 is 1.10 bits per heavy atom. The van der Waals surface area contributed by atoms with Gasteiger partial charge in [-0.3, -0.25) is 0 Å². The summed E-state index contributed by atoms with van der Waals surface area (Å²) < 4.78 is 5.18. The number of ether oxygens (including phenoxy) is 1. The molecule has 0 saturated carbocycles. The van der Waals surface area contributed by atoms with E-state index in [0.29, 0.717) is 16.9 Å². The maximum absolute atomic E-state index is 11.9. The smallest absolute Gasteiger partial charge is 0.343 e. The highest BCUT2D eigenvalue weighted by molar-refractivity contribution is 7.80. The first-order chi connectivity index (χ1) is 10.0. The van der Waals surface area contributed by atoms with Gasteiger partial charge in [-0.05, 0) is 42.0 Å². The van der Waals surface area contributed by atoms with Crippen LogP contribution in [0.5, 0.6) is 5.75 Å². The van der Waals surface area contributed by atoms with Gasteiger partial charge in [-0.2, -0.15) is 0 Å². The minimum absolute atomic E-state index is 0.148. The van der Waals surface area contributed by atoms with Crippen molar-refractivity contribution in [3.8, 4) is 5.75 Å². The monoisotopic (exact) mass is 305 g/mol. The number of nitrogens with zero attached hydrogens (tertiary/aromatic N) is 1. The van der Waals surface area contributed by atoms with Crippen molar-refractivity contribution in [1.29, 1.82) is 0 Å². The van der Waals surface area contributed by atoms with E-state index in [0.717, 1.165) is 4.90 Å². The topological polar surface area (TPSA) is 78.7 Å². The summed E-state index contributed by atoms with van der Waals surface area (Å²) in [5.41, 5.74) is 1.01. The number of carbonyl (C=O) groups is 1. The Labute approximate surface area is 125 Å². The van der Waals surface area contributed by atoms with E-state index in [4.69, 9.17) is 4.74 Å². The van der Waals surface area contributed by atoms with Crippen LogP contribution in [0.1, 0.15) is 15.9 Å². The Balaban J connectivity index is 1.98. The van der Waals surface area contributed by atoms with Gasteiger partial charge in [0.2, 0.25) is 0 Å². The van der Waals surface area contributed by atoms with Crippen LogP contribution >= 0.6 is 12.6 Å². The SMILES string of the molecule is O=C(Oc1ccc(CO[N+](=O)[O-])cc1)c1ccc(S)cc1. The molecule has 0 aliphatic heterocycles. The lowest BCUT2D eigenvalue weighted by molar-refractivity contribution is -0.763. The highest BCUT2D eigenvalue weighted by Gasteiger charge is 2.08. The van der Waals surface area contributed by atoms with Crippen molar-refractivity contribution >= 4 is 18.6 Å². The molecule has 0 aromatic heterocycles. The van der Waals surface area contributed by atoms with Crippen LogP contribution in [0.15, 0.2) is 53.4 Å². The Bertz CT molecular complexity index is 639. The van der Waals surface area contributed by atoms with Crippen LogP contribution in [0.3, 0.4) is 0 Å². The molecule has 2 aromatic carbocycles. The third-order valence-electron chi connectivity index (χ3n) is 2.57. The first-order valence-electron chi connectivity index (χ1n) is 5.92. The summed E-state index contributed by atoms with van der Waals surface area (Å²) in [5, 5.41) is 9.21. The first-order valence-corrected chi connectivity index (χ1v) is 6.37. The van der Waals surface area contributed by atoms with Crippen LogP contribution < -0.4 is 4.74 Å². The summed E-state index contributed by atoms with van der Waals surface area (Å²) in [6.45, 7) is -0.148. The lowest BCUT2D eigenvalue weighted by Crippen LogP contribution is -2.08. The molecular formula is C14H11NO5S. The summed E-state index contributed by atoms with van der Waals surface area (Å²) >= 11 is 4.13. The van der Waals surface area contributed by atoms with Crippen LogP contribution in [0.4, 0.5) is 0 Å². The zero-order chi connectivity index (χ0) is 15.2. The van der Waals surface area contributed by atoms with Crippen LogP contribution in [-0.4, -0.2) is 11.1 Å². The number of hydrogen-bond acceptors (Lipinski definition) is 6. The molecule has 0 N–H and O–H groups in total. The maximum atomic E-state index is 11.9. The van der Waals surface area contributed by atoms with E-state index in [1.54, 1.807) is 48.5 Å². The second-order valence-electron chi connectivity index (χ2n) is 4.08. The minimum Gasteiger partial charge on any atom is -0.423 e. The molecule has 7 heteroatoms. The number of rotatable bonds is 5. The van der Waals surface area contributed by atoms with Crippen molar-refractivity contribution in [1.82, 2.24) is 0 Å². The van der Waals surface area contributed by atoms with E-state index < -0.39 is 11.1 Å². The molecule has 0 radical (unpaired) electrons. The molecular weight excluding hydrogens is 294 g/mol. The number of benzene rings is 2. The Kier molecular flexibility index (Phi) is 4.78. The zero-order valence-electron chi connectivity index (χ0n) is 10.8. The first kappa shape index (κ1) is 14.9. The lowest BCUT2D eigenvalue weighted by atomic mass is 10.2. The summed E-state index contributed by atoms with van der Waals surface area (Å²) in [7, 11) is 0. The molecule has 0 aliphatic carbocycles. The van der Waals surface area contributed by atoms with E-state index in [-0.39, 0.29) is 6.61 Å². The van der Waals surface area contributed by atoms with E-state index in [1.807, 2.05) is 0 Å². The van der Waals surface area contributed by atoms with Crippen LogP contribution in [0, 0.1) is 10.1 Å². The summed E-state index contributed by atoms with van der Waals surface area (Å²) in [6, 6.07) is 12.9. The molecule has 0 fully saturated rings. The molecule has 0 spiro atoms. The van der Waals surface area contributed by atoms with E-state index >= 15 is 0 Å². The molecule has 0 amide bonds. The van der Waals surface area contributed by atoms with Crippen molar-refractivity contribution in [2.75, 3.05) is 0 Å². The van der Waals surface area contributed by atoms with E-state index in [9.17, 15) is 14.9 Å². The molecule has 108 valence electrons. The molecule has 6 nitrogen and oxygen atoms in total. The molecule has 0 unspecified atom stereocenters. The molecule has 21 heavy (non-hydrogen) atoms. The van der Waals surface area contributed by atoms with Crippen molar-refractivity contribution in [3.63, 3.8) is 0 Å². The molecule has 0 saturated heterocycles. The van der Waals surface area contributed by atoms with Gasteiger partial charge in [0, 0.05) is 4.90 Å². The van der Waals surface area contributed by atoms with Crippen molar-refractivity contribution in [3.05, 3.63) is 69.8 Å². The molecule has 2 aromatic rings. The van der Waals surface area contributed by atoms with Crippen molar-refractivity contribution < 1.29 is 19.5 Å². The number of carbonyl (C=O) groups excluding carboxylic acids is 1. The molecule has 0 heterocycles. The fourth-order valence-corrected chi connectivity index (χ4v) is 1.69. The van der Waals surface area contributed by atoms with Gasteiger partial charge < -0.3 is 9.57 Å². The standard InChI is InChI=1S/C14H11NO5S/c16-14(11-3-7-13(21)8-4-11)20-12-5-1-10(2-6-12)9-19-15(17)18/h1-8,21H,9H2. The lowest BCUT2D eigenvalue weighted by Gasteiger charge is -2.05. The second-order valence-corrected chi connectivity index (χ2v) is 4.59. The van der Waals surface area contributed by atoms with E-state index in [2.05, 4.69) is 17.5 Å². The van der Waals surface area contributed by atoms with Gasteiger partial charge in [0.05, 0.1) is 5.56 Å². The van der Waals surface area contributed by atoms with Gasteiger partial charge in [0.25, 0.3) is 5.09 Å². The average molecular weight is 305 g/mol. The largest absolute Gasteiger partial charge is 0.423 e. The molecule has 0 atom stereocenters. The third-order valence-corrected chi connectivity index (χ3v) is 2.87. The average Bonchev–Trinajstić information content (AvgIpc) is 2.47. The predicted molar refractivity (Wildman–Crippen MR) is 76.9 cm³/mol. The van der Waals surface area contributed by atoms with Crippen molar-refractivity contribution in [2.24, 2.45) is 0 Å². The summed E-state index contributed by atoms with van der Waals surface area (Å²) in [4.78, 5) is 26.9. The highest BCUT2D eigenvalue weighted by Crippen LogP contribution is 2.16. The zero-order valence-corrected chi connectivity index (χ0v) is 11.7. The summed E-state index contributed by atoms with van der Waals surface area (Å²) in [5.74, 6) is -0.141. The van der Waals surface area contributed by atoms with Gasteiger partial charge in [0.15, 0.2) is 0 Å². The number of hydrogen-bond donors (Lipinski definition) is 1. The van der Waals surface area contributed by atoms with Gasteiger partial charge in [-0.15, -0.1) is 22.7 Å². The van der Waals surface area contributed by atoms with Crippen LogP contribution in [-0.2, 0) is 11.4 Å². The van der Waals surface area contributed by atoms with Gasteiger partial charge in [-0.1, -0.05) is 12.1 Å². The van der Waals surface area contributed by atoms with Gasteiger partial charge >= 0.3 is 5.97 Å². The number of thiol groups is 1. The van der Waals surface area contributed by atoms with Gasteiger partial charge in [0.1, 0.15) is 12.4 Å². The molecule has 0 bridgehead atoms. The molecule has 2 rings (SSSR count). The fraction of sp³-hybridized carbons (Fsp3) is 0.0714. The highest BCUT2D eigenvalue weighted by atomic mass is 32.1. The fourth-order valence-electron chi connectivity index (χ4n) is 1.54. The minimum atomic E-state index is -0.862. The van der Waals surface area contributed by atoms with Crippen molar-refractivity contribution in [2.45, 2.75) is 11.5 Å². The Hall–Kier alpha value is -2.54. The van der Waals surface area contributed by atoms with E-state index in [1.165, 1.54) is 0 Å².